The van der Waals surface area contributed by atoms with Crippen LogP contribution in [0.25, 0.3) is 0 Å². The van der Waals surface area contributed by atoms with Gasteiger partial charge in [-0.15, -0.1) is 0 Å². The van der Waals surface area contributed by atoms with Crippen molar-refractivity contribution < 1.29 is 9.90 Å². The number of nitrogens with one attached hydrogen (secondary N) is 1. The van der Waals surface area contributed by atoms with Gasteiger partial charge in [-0.3, -0.25) is 0 Å². The molecular formula is C7H12N2O2. The number of carboxylic acid groups (broad SMARTS) is 1. The number of carbonyl (C=O) groups is 1. The van der Waals surface area contributed by atoms with Gasteiger partial charge < -0.3 is 15.3 Å². The largest absolute Gasteiger partial charge is 0.465 e. The van der Waals surface area contributed by atoms with Crippen molar-refractivity contribution in [2.45, 2.75) is 12.5 Å². The van der Waals surface area contributed by atoms with Gasteiger partial charge in [0.2, 0.25) is 0 Å². The summed E-state index contributed by atoms with van der Waals surface area (Å²) in [5, 5.41) is 12.0. The fourth-order valence-corrected chi connectivity index (χ4v) is 2.01. The number of fused-ring (bicyclic) bond motifs is 1. The summed E-state index contributed by atoms with van der Waals surface area (Å²) in [6, 6.07) is 0.436. The Bertz CT molecular complexity index is 171. The fourth-order valence-electron chi connectivity index (χ4n) is 2.01. The first-order valence-electron chi connectivity index (χ1n) is 3.98. The average molecular weight is 156 g/mol. The van der Waals surface area contributed by atoms with Crippen LogP contribution < -0.4 is 5.32 Å². The summed E-state index contributed by atoms with van der Waals surface area (Å²) in [7, 11) is 0. The molecule has 0 aromatic rings. The molecular weight excluding hydrogens is 144 g/mol. The van der Waals surface area contributed by atoms with E-state index in [-0.39, 0.29) is 0 Å². The maximum atomic E-state index is 10.5. The van der Waals surface area contributed by atoms with Crippen LogP contribution in [0.3, 0.4) is 0 Å². The molecule has 62 valence electrons. The number of hydrogen-bond acceptors (Lipinski definition) is 2. The van der Waals surface area contributed by atoms with Crippen LogP contribution in [0.4, 0.5) is 4.79 Å². The molecule has 0 saturated carbocycles. The van der Waals surface area contributed by atoms with Crippen molar-refractivity contribution in [3.8, 4) is 0 Å². The van der Waals surface area contributed by atoms with Crippen LogP contribution in [-0.2, 0) is 0 Å². The number of rotatable bonds is 0. The van der Waals surface area contributed by atoms with Gasteiger partial charge in [0.15, 0.2) is 0 Å². The molecule has 0 aromatic heterocycles. The highest BCUT2D eigenvalue weighted by molar-refractivity contribution is 5.65. The van der Waals surface area contributed by atoms with Crippen LogP contribution in [0.2, 0.25) is 0 Å². The van der Waals surface area contributed by atoms with Gasteiger partial charge in [0.25, 0.3) is 0 Å². The van der Waals surface area contributed by atoms with E-state index in [1.807, 2.05) is 0 Å². The molecule has 2 N–H and O–H groups in total. The monoisotopic (exact) mass is 156 g/mol. The van der Waals surface area contributed by atoms with Gasteiger partial charge in [-0.25, -0.2) is 4.79 Å². The molecule has 4 heteroatoms. The summed E-state index contributed by atoms with van der Waals surface area (Å²) in [4.78, 5) is 12.0. The zero-order valence-electron chi connectivity index (χ0n) is 6.29. The van der Waals surface area contributed by atoms with E-state index in [9.17, 15) is 4.79 Å². The molecule has 2 heterocycles. The Morgan fingerprint density at radius 1 is 1.55 bits per heavy atom. The van der Waals surface area contributed by atoms with E-state index >= 15 is 0 Å². The number of amides is 1. The molecule has 4 nitrogen and oxygen atoms in total. The third kappa shape index (κ3) is 1.07. The van der Waals surface area contributed by atoms with Crippen LogP contribution >= 0.6 is 0 Å². The summed E-state index contributed by atoms with van der Waals surface area (Å²) in [6.45, 7) is 2.47. The van der Waals surface area contributed by atoms with Crippen molar-refractivity contribution in [2.24, 2.45) is 5.92 Å². The van der Waals surface area contributed by atoms with Crippen LogP contribution in [0.5, 0.6) is 0 Å². The van der Waals surface area contributed by atoms with Crippen molar-refractivity contribution in [3.63, 3.8) is 0 Å². The lowest BCUT2D eigenvalue weighted by molar-refractivity contribution is 0.152. The summed E-state index contributed by atoms with van der Waals surface area (Å²) in [5.41, 5.74) is 0. The van der Waals surface area contributed by atoms with Gasteiger partial charge in [0, 0.05) is 19.1 Å². The molecule has 2 saturated heterocycles. The SMILES string of the molecule is O=C(O)N1C[C@H]2CCN[C@H]2C1. The third-order valence-corrected chi connectivity index (χ3v) is 2.63. The van der Waals surface area contributed by atoms with Crippen molar-refractivity contribution in [3.05, 3.63) is 0 Å². The maximum Gasteiger partial charge on any atom is 0.407 e. The van der Waals surface area contributed by atoms with Crippen molar-refractivity contribution >= 4 is 6.09 Å². The Kier molecular flexibility index (Phi) is 1.49. The summed E-state index contributed by atoms with van der Waals surface area (Å²) in [5.74, 6) is 0.575. The standard InChI is InChI=1S/C7H12N2O2/c10-7(11)9-3-5-1-2-8-6(5)4-9/h5-6,8H,1-4H2,(H,10,11)/t5-,6+/m1/s1. The van der Waals surface area contributed by atoms with E-state index < -0.39 is 6.09 Å². The average Bonchev–Trinajstić information content (AvgIpc) is 2.40. The zero-order chi connectivity index (χ0) is 7.84. The smallest absolute Gasteiger partial charge is 0.407 e. The summed E-state index contributed by atoms with van der Waals surface area (Å²) < 4.78 is 0. The summed E-state index contributed by atoms with van der Waals surface area (Å²) >= 11 is 0. The zero-order valence-corrected chi connectivity index (χ0v) is 6.29. The van der Waals surface area contributed by atoms with Crippen LogP contribution in [0.15, 0.2) is 0 Å². The fraction of sp³-hybridized carbons (Fsp3) is 0.857. The van der Waals surface area contributed by atoms with E-state index in [0.29, 0.717) is 18.5 Å². The first-order chi connectivity index (χ1) is 5.27. The molecule has 2 aliphatic rings. The van der Waals surface area contributed by atoms with Crippen molar-refractivity contribution in [1.82, 2.24) is 10.2 Å². The Morgan fingerprint density at radius 2 is 2.36 bits per heavy atom. The normalized spacial score (nSPS) is 35.8. The van der Waals surface area contributed by atoms with Crippen molar-refractivity contribution in [1.29, 1.82) is 0 Å². The lowest BCUT2D eigenvalue weighted by atomic mass is 10.1. The number of likely N-dealkylation sites (tertiary alicyclic amines) is 1. The molecule has 0 bridgehead atoms. The quantitative estimate of drug-likeness (QED) is 0.517. The lowest BCUT2D eigenvalue weighted by Gasteiger charge is -2.11. The molecule has 0 spiro atoms. The Morgan fingerprint density at radius 3 is 3.00 bits per heavy atom. The summed E-state index contributed by atoms with van der Waals surface area (Å²) in [6.07, 6.45) is 0.357. The molecule has 0 aromatic carbocycles. The molecule has 1 amide bonds. The van der Waals surface area contributed by atoms with E-state index in [0.717, 1.165) is 19.5 Å². The molecule has 2 atom stereocenters. The Labute approximate surface area is 65.2 Å². The minimum absolute atomic E-state index is 0.436. The maximum absolute atomic E-state index is 10.5. The van der Waals surface area contributed by atoms with E-state index in [1.165, 1.54) is 4.90 Å². The second-order valence-corrected chi connectivity index (χ2v) is 3.30. The Balaban J connectivity index is 1.99. The minimum atomic E-state index is -0.777. The van der Waals surface area contributed by atoms with Gasteiger partial charge in [-0.1, -0.05) is 0 Å². The second kappa shape index (κ2) is 2.37. The highest BCUT2D eigenvalue weighted by atomic mass is 16.4. The first kappa shape index (κ1) is 6.91. The molecule has 11 heavy (non-hydrogen) atoms. The number of hydrogen-bond donors (Lipinski definition) is 2. The molecule has 0 aliphatic carbocycles. The van der Waals surface area contributed by atoms with Gasteiger partial charge in [-0.05, 0) is 18.9 Å². The lowest BCUT2D eigenvalue weighted by Crippen LogP contribution is -2.32. The Hall–Kier alpha value is -0.770. The van der Waals surface area contributed by atoms with Crippen LogP contribution in [0, 0.1) is 5.92 Å². The highest BCUT2D eigenvalue weighted by Gasteiger charge is 2.37. The number of nitrogens with zero attached hydrogens (tertiary/aromatic N) is 1. The predicted octanol–water partition coefficient (Wildman–Crippen LogP) is -0.0419. The topological polar surface area (TPSA) is 52.6 Å². The molecule has 2 rings (SSSR count). The second-order valence-electron chi connectivity index (χ2n) is 3.30. The third-order valence-electron chi connectivity index (χ3n) is 2.63. The van der Waals surface area contributed by atoms with E-state index in [2.05, 4.69) is 5.32 Å². The molecule has 2 fully saturated rings. The van der Waals surface area contributed by atoms with Gasteiger partial charge >= 0.3 is 6.09 Å². The highest BCUT2D eigenvalue weighted by Crippen LogP contribution is 2.24. The minimum Gasteiger partial charge on any atom is -0.465 e. The van der Waals surface area contributed by atoms with E-state index in [1.54, 1.807) is 0 Å². The van der Waals surface area contributed by atoms with Crippen LogP contribution in [-0.4, -0.2) is 41.8 Å². The first-order valence-corrected chi connectivity index (χ1v) is 3.98. The molecule has 2 aliphatic heterocycles. The van der Waals surface area contributed by atoms with Gasteiger partial charge in [0.05, 0.1) is 0 Å². The van der Waals surface area contributed by atoms with Crippen LogP contribution in [0.1, 0.15) is 6.42 Å². The van der Waals surface area contributed by atoms with Gasteiger partial charge in [0.1, 0.15) is 0 Å². The van der Waals surface area contributed by atoms with Crippen molar-refractivity contribution in [2.75, 3.05) is 19.6 Å². The van der Waals surface area contributed by atoms with Gasteiger partial charge in [-0.2, -0.15) is 0 Å². The van der Waals surface area contributed by atoms with E-state index in [4.69, 9.17) is 5.11 Å². The molecule has 0 radical (unpaired) electrons. The predicted molar refractivity (Wildman–Crippen MR) is 39.5 cm³/mol. The molecule has 0 unspecified atom stereocenters.